The van der Waals surface area contributed by atoms with Crippen molar-refractivity contribution in [1.82, 2.24) is 10.3 Å². The number of rotatable bonds is 4. The van der Waals surface area contributed by atoms with Gasteiger partial charge in [0.05, 0.1) is 12.2 Å². The minimum atomic E-state index is -0.184. The molecule has 0 fully saturated rings. The number of hydrogen-bond acceptors (Lipinski definition) is 4. The summed E-state index contributed by atoms with van der Waals surface area (Å²) in [4.78, 5) is 15.8. The third kappa shape index (κ3) is 4.61. The number of nitrogens with one attached hydrogen (secondary N) is 2. The predicted octanol–water partition coefficient (Wildman–Crippen LogP) is 2.03. The largest absolute Gasteiger partial charge is 0.352 e. The summed E-state index contributed by atoms with van der Waals surface area (Å²) in [5.41, 5.74) is 0.875. The molecule has 0 saturated heterocycles. The number of amides is 1. The van der Waals surface area contributed by atoms with Crippen LogP contribution in [0, 0.1) is 0 Å². The van der Waals surface area contributed by atoms with Gasteiger partial charge in [0.25, 0.3) is 0 Å². The molecule has 1 rings (SSSR count). The molecule has 90 valence electrons. The molecule has 0 aliphatic heterocycles. The van der Waals surface area contributed by atoms with Crippen LogP contribution in [0.3, 0.4) is 0 Å². The van der Waals surface area contributed by atoms with E-state index in [0.29, 0.717) is 0 Å². The molecule has 0 aromatic carbocycles. The number of hydrogen-bond donors (Lipinski definition) is 2. The lowest BCUT2D eigenvalue weighted by atomic mass is 10.1. The van der Waals surface area contributed by atoms with Crippen molar-refractivity contribution >= 4 is 22.4 Å². The van der Waals surface area contributed by atoms with Gasteiger partial charge < -0.3 is 10.6 Å². The summed E-state index contributed by atoms with van der Waals surface area (Å²) in [5.74, 6) is -0.0132. The van der Waals surface area contributed by atoms with E-state index in [4.69, 9.17) is 0 Å². The first-order valence-corrected chi connectivity index (χ1v) is 6.28. The number of aromatic nitrogens is 1. The van der Waals surface area contributed by atoms with Crippen LogP contribution in [0.5, 0.6) is 0 Å². The molecule has 16 heavy (non-hydrogen) atoms. The molecule has 1 heterocycles. The molecule has 5 heteroatoms. The molecule has 1 amide bonds. The van der Waals surface area contributed by atoms with Crippen LogP contribution in [0.2, 0.25) is 0 Å². The maximum Gasteiger partial charge on any atom is 0.239 e. The first-order valence-electron chi connectivity index (χ1n) is 5.40. The Labute approximate surface area is 100 Å². The lowest BCUT2D eigenvalue weighted by molar-refractivity contribution is -0.120. The molecule has 0 spiro atoms. The molecule has 0 aliphatic rings. The highest BCUT2D eigenvalue weighted by atomic mass is 32.1. The Morgan fingerprint density at radius 3 is 2.69 bits per heavy atom. The third-order valence-corrected chi connectivity index (χ3v) is 2.68. The van der Waals surface area contributed by atoms with E-state index in [2.05, 4.69) is 22.5 Å². The lowest BCUT2D eigenvalue weighted by Gasteiger charge is -2.20. The SMILES string of the molecule is CCc1csc(NCC(=O)NC(C)(C)C)n1. The molecule has 1 aromatic heterocycles. The summed E-state index contributed by atoms with van der Waals surface area (Å²) < 4.78 is 0. The molecule has 1 aromatic rings. The Morgan fingerprint density at radius 1 is 1.50 bits per heavy atom. The van der Waals surface area contributed by atoms with Crippen molar-refractivity contribution in [2.45, 2.75) is 39.7 Å². The smallest absolute Gasteiger partial charge is 0.239 e. The molecule has 2 N–H and O–H groups in total. The molecule has 0 aliphatic carbocycles. The Morgan fingerprint density at radius 2 is 2.19 bits per heavy atom. The number of thiazole rings is 1. The minimum absolute atomic E-state index is 0.0132. The topological polar surface area (TPSA) is 54.0 Å². The van der Waals surface area contributed by atoms with Gasteiger partial charge in [-0.3, -0.25) is 4.79 Å². The number of aryl methyl sites for hydroxylation is 1. The van der Waals surface area contributed by atoms with Crippen LogP contribution >= 0.6 is 11.3 Å². The van der Waals surface area contributed by atoms with Crippen molar-refractivity contribution in [3.63, 3.8) is 0 Å². The van der Waals surface area contributed by atoms with E-state index >= 15 is 0 Å². The van der Waals surface area contributed by atoms with Crippen LogP contribution in [-0.2, 0) is 11.2 Å². The summed E-state index contributed by atoms with van der Waals surface area (Å²) in [6.45, 7) is 8.22. The Hall–Kier alpha value is -1.10. The van der Waals surface area contributed by atoms with Gasteiger partial charge in [0, 0.05) is 10.9 Å². The van der Waals surface area contributed by atoms with Crippen LogP contribution in [0.4, 0.5) is 5.13 Å². The summed E-state index contributed by atoms with van der Waals surface area (Å²) in [5, 5.41) is 8.71. The van der Waals surface area contributed by atoms with Gasteiger partial charge in [-0.15, -0.1) is 11.3 Å². The van der Waals surface area contributed by atoms with Crippen LogP contribution in [0.25, 0.3) is 0 Å². The molecule has 4 nitrogen and oxygen atoms in total. The first-order chi connectivity index (χ1) is 7.40. The van der Waals surface area contributed by atoms with E-state index in [0.717, 1.165) is 17.2 Å². The fourth-order valence-corrected chi connectivity index (χ4v) is 1.96. The quantitative estimate of drug-likeness (QED) is 0.848. The standard InChI is InChI=1S/C11H19N3OS/c1-5-8-7-16-10(13-8)12-6-9(15)14-11(2,3)4/h7H,5-6H2,1-4H3,(H,12,13)(H,14,15). The monoisotopic (exact) mass is 241 g/mol. The second kappa shape index (κ2) is 5.30. The van der Waals surface area contributed by atoms with Crippen molar-refractivity contribution < 1.29 is 4.79 Å². The molecule has 0 saturated carbocycles. The average molecular weight is 241 g/mol. The van der Waals surface area contributed by atoms with Crippen LogP contribution < -0.4 is 10.6 Å². The maximum atomic E-state index is 11.5. The van der Waals surface area contributed by atoms with E-state index in [-0.39, 0.29) is 18.0 Å². The van der Waals surface area contributed by atoms with Crippen molar-refractivity contribution in [2.75, 3.05) is 11.9 Å². The molecule has 0 radical (unpaired) electrons. The van der Waals surface area contributed by atoms with Crippen LogP contribution in [-0.4, -0.2) is 23.0 Å². The zero-order valence-electron chi connectivity index (χ0n) is 10.3. The number of carbonyl (C=O) groups is 1. The summed E-state index contributed by atoms with van der Waals surface area (Å²) in [7, 11) is 0. The van der Waals surface area contributed by atoms with Gasteiger partial charge in [0.2, 0.25) is 5.91 Å². The highest BCUT2D eigenvalue weighted by Gasteiger charge is 2.13. The molecule has 0 atom stereocenters. The number of nitrogens with zero attached hydrogens (tertiary/aromatic N) is 1. The van der Waals surface area contributed by atoms with E-state index in [1.54, 1.807) is 0 Å². The van der Waals surface area contributed by atoms with Crippen LogP contribution in [0.1, 0.15) is 33.4 Å². The summed E-state index contributed by atoms with van der Waals surface area (Å²) in [6.07, 6.45) is 0.923. The Bertz CT molecular complexity index is 354. The van der Waals surface area contributed by atoms with Gasteiger partial charge in [0.15, 0.2) is 5.13 Å². The van der Waals surface area contributed by atoms with Gasteiger partial charge in [-0.25, -0.2) is 4.98 Å². The van der Waals surface area contributed by atoms with Gasteiger partial charge in [0.1, 0.15) is 0 Å². The molecular weight excluding hydrogens is 222 g/mol. The maximum absolute atomic E-state index is 11.5. The Balaban J connectivity index is 2.37. The highest BCUT2D eigenvalue weighted by Crippen LogP contribution is 2.15. The average Bonchev–Trinajstić information content (AvgIpc) is 2.59. The van der Waals surface area contributed by atoms with Gasteiger partial charge in [-0.05, 0) is 27.2 Å². The van der Waals surface area contributed by atoms with Gasteiger partial charge in [-0.1, -0.05) is 6.92 Å². The lowest BCUT2D eigenvalue weighted by Crippen LogP contribution is -2.43. The van der Waals surface area contributed by atoms with Gasteiger partial charge >= 0.3 is 0 Å². The van der Waals surface area contributed by atoms with Crippen molar-refractivity contribution in [3.05, 3.63) is 11.1 Å². The summed E-state index contributed by atoms with van der Waals surface area (Å²) in [6, 6.07) is 0. The fourth-order valence-electron chi connectivity index (χ4n) is 1.17. The van der Waals surface area contributed by atoms with E-state index in [1.165, 1.54) is 11.3 Å². The van der Waals surface area contributed by atoms with Crippen molar-refractivity contribution in [2.24, 2.45) is 0 Å². The third-order valence-electron chi connectivity index (χ3n) is 1.83. The van der Waals surface area contributed by atoms with Gasteiger partial charge in [-0.2, -0.15) is 0 Å². The predicted molar refractivity (Wildman–Crippen MR) is 67.9 cm³/mol. The Kier molecular flexibility index (Phi) is 4.29. The van der Waals surface area contributed by atoms with E-state index in [9.17, 15) is 4.79 Å². The zero-order valence-corrected chi connectivity index (χ0v) is 11.1. The number of carbonyl (C=O) groups excluding carboxylic acids is 1. The van der Waals surface area contributed by atoms with Crippen molar-refractivity contribution in [3.8, 4) is 0 Å². The molecule has 0 unspecified atom stereocenters. The highest BCUT2D eigenvalue weighted by molar-refractivity contribution is 7.13. The molecule has 0 bridgehead atoms. The van der Waals surface area contributed by atoms with E-state index in [1.807, 2.05) is 26.2 Å². The minimum Gasteiger partial charge on any atom is -0.352 e. The number of anilines is 1. The first kappa shape index (κ1) is 13.0. The fraction of sp³-hybridized carbons (Fsp3) is 0.636. The second-order valence-corrected chi connectivity index (χ2v) is 5.51. The summed E-state index contributed by atoms with van der Waals surface area (Å²) >= 11 is 1.53. The van der Waals surface area contributed by atoms with Crippen LogP contribution in [0.15, 0.2) is 5.38 Å². The van der Waals surface area contributed by atoms with Crippen molar-refractivity contribution in [1.29, 1.82) is 0 Å². The van der Waals surface area contributed by atoms with E-state index < -0.39 is 0 Å². The second-order valence-electron chi connectivity index (χ2n) is 4.65. The normalized spacial score (nSPS) is 11.2. The zero-order chi connectivity index (χ0) is 12.2. The molecular formula is C11H19N3OS.